The third-order valence-corrected chi connectivity index (χ3v) is 4.12. The minimum Gasteiger partial charge on any atom is -0.492 e. The summed E-state index contributed by atoms with van der Waals surface area (Å²) in [6.07, 6.45) is 1.00. The van der Waals surface area contributed by atoms with Gasteiger partial charge in [0, 0.05) is 31.3 Å². The van der Waals surface area contributed by atoms with Crippen LogP contribution in [0, 0.1) is 15.5 Å². The molecule has 1 atom stereocenters. The highest BCUT2D eigenvalue weighted by Gasteiger charge is 2.33. The number of nitro groups is 1. The lowest BCUT2D eigenvalue weighted by Crippen LogP contribution is -2.53. The molecule has 1 aliphatic heterocycles. The lowest BCUT2D eigenvalue weighted by atomic mass is 9.80. The SMILES string of the molecule is CC1(C)CN(CCOc2ccc([N+](=O)[O-])cc2)CCC1N. The van der Waals surface area contributed by atoms with E-state index in [2.05, 4.69) is 18.7 Å². The van der Waals surface area contributed by atoms with Gasteiger partial charge in [-0.05, 0) is 30.5 Å². The maximum absolute atomic E-state index is 10.6. The molecule has 6 nitrogen and oxygen atoms in total. The molecule has 2 rings (SSSR count). The van der Waals surface area contributed by atoms with Gasteiger partial charge >= 0.3 is 0 Å². The molecule has 0 radical (unpaired) electrons. The van der Waals surface area contributed by atoms with Gasteiger partial charge in [0.25, 0.3) is 5.69 Å². The molecule has 21 heavy (non-hydrogen) atoms. The van der Waals surface area contributed by atoms with Crippen LogP contribution in [0.1, 0.15) is 20.3 Å². The number of rotatable bonds is 5. The van der Waals surface area contributed by atoms with Crippen LogP contribution in [0.3, 0.4) is 0 Å². The average molecular weight is 293 g/mol. The minimum atomic E-state index is -0.414. The molecule has 1 saturated heterocycles. The third-order valence-electron chi connectivity index (χ3n) is 4.12. The molecule has 0 aromatic heterocycles. The summed E-state index contributed by atoms with van der Waals surface area (Å²) >= 11 is 0. The van der Waals surface area contributed by atoms with Gasteiger partial charge in [0.2, 0.25) is 0 Å². The van der Waals surface area contributed by atoms with Gasteiger partial charge in [-0.3, -0.25) is 15.0 Å². The van der Waals surface area contributed by atoms with Crippen LogP contribution in [0.25, 0.3) is 0 Å². The Balaban J connectivity index is 1.78. The fraction of sp³-hybridized carbons (Fsp3) is 0.600. The molecule has 1 fully saturated rings. The molecular weight excluding hydrogens is 270 g/mol. The molecule has 1 aromatic rings. The predicted octanol–water partition coefficient (Wildman–Crippen LogP) is 2.03. The molecule has 6 heteroatoms. The Bertz CT molecular complexity index is 487. The van der Waals surface area contributed by atoms with Crippen molar-refractivity contribution in [1.82, 2.24) is 4.90 Å². The highest BCUT2D eigenvalue weighted by molar-refractivity contribution is 5.35. The van der Waals surface area contributed by atoms with Crippen LogP contribution in [0.5, 0.6) is 5.75 Å². The highest BCUT2D eigenvalue weighted by Crippen LogP contribution is 2.27. The maximum atomic E-state index is 10.6. The smallest absolute Gasteiger partial charge is 0.269 e. The van der Waals surface area contributed by atoms with Crippen LogP contribution in [0.15, 0.2) is 24.3 Å². The zero-order valence-corrected chi connectivity index (χ0v) is 12.6. The number of nitro benzene ring substituents is 1. The molecule has 0 spiro atoms. The average Bonchev–Trinajstić information content (AvgIpc) is 2.43. The van der Waals surface area contributed by atoms with E-state index in [0.29, 0.717) is 12.4 Å². The van der Waals surface area contributed by atoms with Crippen LogP contribution in [0.2, 0.25) is 0 Å². The van der Waals surface area contributed by atoms with E-state index in [0.717, 1.165) is 26.1 Å². The van der Waals surface area contributed by atoms with Crippen molar-refractivity contribution in [3.05, 3.63) is 34.4 Å². The normalized spacial score (nSPS) is 22.0. The van der Waals surface area contributed by atoms with Gasteiger partial charge in [0.05, 0.1) is 4.92 Å². The molecule has 1 aromatic carbocycles. The Labute approximate surface area is 125 Å². The molecule has 2 N–H and O–H groups in total. The number of hydrogen-bond donors (Lipinski definition) is 1. The molecule has 0 aliphatic carbocycles. The van der Waals surface area contributed by atoms with Crippen LogP contribution in [-0.2, 0) is 0 Å². The summed E-state index contributed by atoms with van der Waals surface area (Å²) in [6, 6.07) is 6.43. The highest BCUT2D eigenvalue weighted by atomic mass is 16.6. The standard InChI is InChI=1S/C15H23N3O3/c1-15(2)11-17(8-7-14(15)16)9-10-21-13-5-3-12(4-6-13)18(19)20/h3-6,14H,7-11,16H2,1-2H3. The lowest BCUT2D eigenvalue weighted by molar-refractivity contribution is -0.384. The third kappa shape index (κ3) is 4.15. The fourth-order valence-electron chi connectivity index (χ4n) is 2.63. The van der Waals surface area contributed by atoms with Crippen LogP contribution in [-0.4, -0.2) is 42.1 Å². The zero-order valence-electron chi connectivity index (χ0n) is 12.6. The second-order valence-electron chi connectivity index (χ2n) is 6.26. The van der Waals surface area contributed by atoms with Crippen LogP contribution in [0.4, 0.5) is 5.69 Å². The van der Waals surface area contributed by atoms with Crippen LogP contribution < -0.4 is 10.5 Å². The Morgan fingerprint density at radius 2 is 2.10 bits per heavy atom. The summed E-state index contributed by atoms with van der Waals surface area (Å²) in [4.78, 5) is 12.5. The van der Waals surface area contributed by atoms with Gasteiger partial charge in [0.1, 0.15) is 12.4 Å². The van der Waals surface area contributed by atoms with Gasteiger partial charge in [-0.15, -0.1) is 0 Å². The first-order valence-electron chi connectivity index (χ1n) is 7.24. The Hall–Kier alpha value is -1.66. The van der Waals surface area contributed by atoms with Crippen molar-refractivity contribution >= 4 is 5.69 Å². The van der Waals surface area contributed by atoms with Gasteiger partial charge in [0.15, 0.2) is 0 Å². The number of nitrogens with zero attached hydrogens (tertiary/aromatic N) is 2. The van der Waals surface area contributed by atoms with Crippen molar-refractivity contribution in [3.63, 3.8) is 0 Å². The van der Waals surface area contributed by atoms with E-state index in [1.165, 1.54) is 12.1 Å². The van der Waals surface area contributed by atoms with E-state index in [-0.39, 0.29) is 17.1 Å². The summed E-state index contributed by atoms with van der Waals surface area (Å²) in [7, 11) is 0. The summed E-state index contributed by atoms with van der Waals surface area (Å²) in [5, 5.41) is 10.6. The fourth-order valence-corrected chi connectivity index (χ4v) is 2.63. The number of hydrogen-bond acceptors (Lipinski definition) is 5. The van der Waals surface area contributed by atoms with Crippen molar-refractivity contribution in [3.8, 4) is 5.75 Å². The van der Waals surface area contributed by atoms with E-state index in [4.69, 9.17) is 10.5 Å². The molecular formula is C15H23N3O3. The Morgan fingerprint density at radius 3 is 2.67 bits per heavy atom. The molecule has 1 unspecified atom stereocenters. The number of nitrogens with two attached hydrogens (primary N) is 1. The van der Waals surface area contributed by atoms with E-state index >= 15 is 0 Å². The number of non-ortho nitro benzene ring substituents is 1. The molecule has 0 saturated carbocycles. The number of ether oxygens (including phenoxy) is 1. The predicted molar refractivity (Wildman–Crippen MR) is 81.4 cm³/mol. The molecule has 0 bridgehead atoms. The monoisotopic (exact) mass is 293 g/mol. The zero-order chi connectivity index (χ0) is 15.5. The first-order valence-corrected chi connectivity index (χ1v) is 7.24. The van der Waals surface area contributed by atoms with E-state index in [1.54, 1.807) is 12.1 Å². The number of benzene rings is 1. The molecule has 116 valence electrons. The topological polar surface area (TPSA) is 81.6 Å². The second-order valence-corrected chi connectivity index (χ2v) is 6.26. The lowest BCUT2D eigenvalue weighted by Gasteiger charge is -2.42. The first kappa shape index (κ1) is 15.7. The quantitative estimate of drug-likeness (QED) is 0.663. The summed E-state index contributed by atoms with van der Waals surface area (Å²) in [6.45, 7) is 7.77. The first-order chi connectivity index (χ1) is 9.88. The molecule has 0 amide bonds. The van der Waals surface area contributed by atoms with Crippen molar-refractivity contribution in [1.29, 1.82) is 0 Å². The van der Waals surface area contributed by atoms with Gasteiger partial charge in [-0.1, -0.05) is 13.8 Å². The molecule has 1 heterocycles. The summed E-state index contributed by atoms with van der Waals surface area (Å²) in [5.74, 6) is 0.661. The minimum absolute atomic E-state index is 0.0779. The van der Waals surface area contributed by atoms with Crippen molar-refractivity contribution in [2.45, 2.75) is 26.3 Å². The Morgan fingerprint density at radius 1 is 1.43 bits per heavy atom. The maximum Gasteiger partial charge on any atom is 0.269 e. The van der Waals surface area contributed by atoms with Crippen molar-refractivity contribution < 1.29 is 9.66 Å². The van der Waals surface area contributed by atoms with Crippen molar-refractivity contribution in [2.75, 3.05) is 26.2 Å². The van der Waals surface area contributed by atoms with E-state index < -0.39 is 4.92 Å². The van der Waals surface area contributed by atoms with E-state index in [9.17, 15) is 10.1 Å². The van der Waals surface area contributed by atoms with Gasteiger partial charge in [-0.25, -0.2) is 0 Å². The van der Waals surface area contributed by atoms with Crippen LogP contribution >= 0.6 is 0 Å². The summed E-state index contributed by atoms with van der Waals surface area (Å²) < 4.78 is 5.64. The number of piperidine rings is 1. The van der Waals surface area contributed by atoms with E-state index in [1.807, 2.05) is 0 Å². The largest absolute Gasteiger partial charge is 0.492 e. The number of likely N-dealkylation sites (tertiary alicyclic amines) is 1. The Kier molecular flexibility index (Phi) is 4.80. The molecule has 1 aliphatic rings. The van der Waals surface area contributed by atoms with Gasteiger partial charge < -0.3 is 10.5 Å². The van der Waals surface area contributed by atoms with Crippen molar-refractivity contribution in [2.24, 2.45) is 11.1 Å². The summed E-state index contributed by atoms with van der Waals surface area (Å²) in [5.41, 5.74) is 6.33. The second kappa shape index (κ2) is 6.41. The van der Waals surface area contributed by atoms with Gasteiger partial charge in [-0.2, -0.15) is 0 Å².